The Morgan fingerprint density at radius 3 is 2.03 bits per heavy atom. The van der Waals surface area contributed by atoms with Crippen molar-refractivity contribution in [1.29, 1.82) is 0 Å². The number of esters is 2. The smallest absolute Gasteiger partial charge is 0.339 e. The predicted molar refractivity (Wildman–Crippen MR) is 119 cm³/mol. The van der Waals surface area contributed by atoms with Crippen molar-refractivity contribution >= 4 is 22.1 Å². The number of carbonyl (C=O) groups is 2. The van der Waals surface area contributed by atoms with Crippen LogP contribution in [0.15, 0.2) is 89.8 Å². The van der Waals surface area contributed by atoms with Gasteiger partial charge in [0, 0.05) is 0 Å². The van der Waals surface area contributed by atoms with E-state index in [4.69, 9.17) is 14.7 Å². The van der Waals surface area contributed by atoms with Crippen molar-refractivity contribution in [1.82, 2.24) is 0 Å². The van der Waals surface area contributed by atoms with Crippen molar-refractivity contribution in [2.24, 2.45) is 5.73 Å². The van der Waals surface area contributed by atoms with Crippen LogP contribution in [-0.2, 0) is 41.3 Å². The highest BCUT2D eigenvalue weighted by atomic mass is 32.2. The Labute approximate surface area is 192 Å². The van der Waals surface area contributed by atoms with Gasteiger partial charge in [-0.05, 0) is 35.4 Å². The molecule has 0 aliphatic carbocycles. The first-order valence-corrected chi connectivity index (χ1v) is 11.3. The van der Waals surface area contributed by atoms with Crippen molar-refractivity contribution in [3.05, 3.63) is 96.1 Å². The molecule has 0 bridgehead atoms. The Morgan fingerprint density at radius 2 is 1.45 bits per heavy atom. The lowest BCUT2D eigenvalue weighted by Gasteiger charge is -2.27. The topological polar surface area (TPSA) is 122 Å². The zero-order valence-electron chi connectivity index (χ0n) is 17.8. The summed E-state index contributed by atoms with van der Waals surface area (Å²) in [4.78, 5) is 24.9. The number of methoxy groups -OCH3 is 1. The second-order valence-corrected chi connectivity index (χ2v) is 8.71. The number of benzene rings is 3. The first kappa shape index (κ1) is 24.0. The molecule has 3 aromatic rings. The van der Waals surface area contributed by atoms with Crippen LogP contribution in [0.5, 0.6) is 5.75 Å². The average molecular weight is 470 g/mol. The van der Waals surface area contributed by atoms with Crippen LogP contribution in [0.2, 0.25) is 0 Å². The third kappa shape index (κ3) is 5.97. The lowest BCUT2D eigenvalue weighted by Crippen LogP contribution is -2.48. The summed E-state index contributed by atoms with van der Waals surface area (Å²) in [5.41, 5.74) is 5.47. The van der Waals surface area contributed by atoms with E-state index in [1.54, 1.807) is 42.5 Å². The molecule has 0 aromatic heterocycles. The van der Waals surface area contributed by atoms with Crippen molar-refractivity contribution in [2.45, 2.75) is 23.5 Å². The van der Waals surface area contributed by atoms with Crippen LogP contribution >= 0.6 is 0 Å². The van der Waals surface area contributed by atoms with Crippen molar-refractivity contribution in [2.75, 3.05) is 7.11 Å². The molecule has 1 unspecified atom stereocenters. The number of hydrogen-bond acceptors (Lipinski definition) is 8. The molecule has 1 atom stereocenters. The monoisotopic (exact) mass is 469 g/mol. The van der Waals surface area contributed by atoms with Crippen LogP contribution in [0.25, 0.3) is 0 Å². The fraction of sp³-hybridized carbons (Fsp3) is 0.167. The summed E-state index contributed by atoms with van der Waals surface area (Å²) in [6, 6.07) is 22.2. The maximum absolute atomic E-state index is 12.9. The van der Waals surface area contributed by atoms with Gasteiger partial charge in [-0.25, -0.2) is 4.79 Å². The second-order valence-electron chi connectivity index (χ2n) is 7.16. The van der Waals surface area contributed by atoms with Crippen molar-refractivity contribution in [3.8, 4) is 5.75 Å². The molecule has 8 nitrogen and oxygen atoms in total. The van der Waals surface area contributed by atoms with E-state index < -0.39 is 34.0 Å². The Hall–Kier alpha value is -3.69. The summed E-state index contributed by atoms with van der Waals surface area (Å²) in [6.45, 7) is -0.0314. The minimum atomic E-state index is -4.04. The number of rotatable bonds is 9. The van der Waals surface area contributed by atoms with Gasteiger partial charge in [0.15, 0.2) is 5.54 Å². The molecule has 0 saturated carbocycles. The van der Waals surface area contributed by atoms with E-state index in [9.17, 15) is 18.0 Å². The standard InChI is InChI=1S/C24H23NO7S/c1-30-22(26)16-24(25,23(27)31-17-18-8-4-2-5-9-18)19-12-14-20(15-13-19)32-33(28,29)21-10-6-3-7-11-21/h2-15H,16-17,25H2,1H3. The van der Waals surface area contributed by atoms with Crippen LogP contribution in [0.4, 0.5) is 0 Å². The van der Waals surface area contributed by atoms with Crippen LogP contribution in [0.1, 0.15) is 17.5 Å². The molecule has 0 radical (unpaired) electrons. The van der Waals surface area contributed by atoms with E-state index in [2.05, 4.69) is 4.74 Å². The lowest BCUT2D eigenvalue weighted by atomic mass is 9.87. The lowest BCUT2D eigenvalue weighted by molar-refractivity contribution is -0.157. The zero-order valence-corrected chi connectivity index (χ0v) is 18.7. The molecule has 0 amide bonds. The quantitative estimate of drug-likeness (QED) is 0.375. The van der Waals surface area contributed by atoms with E-state index in [0.29, 0.717) is 0 Å². The van der Waals surface area contributed by atoms with Gasteiger partial charge in [-0.15, -0.1) is 0 Å². The average Bonchev–Trinajstić information content (AvgIpc) is 2.83. The third-order valence-corrected chi connectivity index (χ3v) is 6.10. The summed E-state index contributed by atoms with van der Waals surface area (Å²) in [7, 11) is -2.85. The van der Waals surface area contributed by atoms with Crippen molar-refractivity contribution < 1.29 is 31.7 Å². The molecule has 2 N–H and O–H groups in total. The summed E-state index contributed by atoms with van der Waals surface area (Å²) < 4.78 is 40.0. The molecule has 3 rings (SSSR count). The first-order valence-electron chi connectivity index (χ1n) is 9.91. The minimum absolute atomic E-state index is 0.00238. The highest BCUT2D eigenvalue weighted by Crippen LogP contribution is 2.28. The van der Waals surface area contributed by atoms with E-state index in [0.717, 1.165) is 5.56 Å². The molecule has 3 aromatic carbocycles. The Bertz CT molecular complexity index is 1200. The van der Waals surface area contributed by atoms with Gasteiger partial charge in [-0.3, -0.25) is 4.79 Å². The molecule has 0 aliphatic rings. The molecule has 0 spiro atoms. The largest absolute Gasteiger partial charge is 0.469 e. The highest BCUT2D eigenvalue weighted by Gasteiger charge is 2.40. The summed E-state index contributed by atoms with van der Waals surface area (Å²) >= 11 is 0. The fourth-order valence-electron chi connectivity index (χ4n) is 3.01. The number of ether oxygens (including phenoxy) is 2. The van der Waals surface area contributed by atoms with Crippen LogP contribution < -0.4 is 9.92 Å². The maximum Gasteiger partial charge on any atom is 0.339 e. The third-order valence-electron chi connectivity index (χ3n) is 4.84. The minimum Gasteiger partial charge on any atom is -0.469 e. The van der Waals surface area contributed by atoms with E-state index >= 15 is 0 Å². The van der Waals surface area contributed by atoms with Crippen LogP contribution in [0.3, 0.4) is 0 Å². The molecule has 33 heavy (non-hydrogen) atoms. The fourth-order valence-corrected chi connectivity index (χ4v) is 3.96. The van der Waals surface area contributed by atoms with Gasteiger partial charge < -0.3 is 19.4 Å². The molecule has 0 aliphatic heterocycles. The number of hydrogen-bond donors (Lipinski definition) is 1. The maximum atomic E-state index is 12.9. The summed E-state index contributed by atoms with van der Waals surface area (Å²) in [5, 5.41) is 0. The van der Waals surface area contributed by atoms with Gasteiger partial charge in [0.05, 0.1) is 13.5 Å². The van der Waals surface area contributed by atoms with Gasteiger partial charge in [0.25, 0.3) is 0 Å². The summed E-state index contributed by atoms with van der Waals surface area (Å²) in [5.74, 6) is -1.52. The molecular formula is C24H23NO7S. The van der Waals surface area contributed by atoms with E-state index in [1.165, 1.54) is 43.5 Å². The van der Waals surface area contributed by atoms with Gasteiger partial charge in [0.2, 0.25) is 0 Å². The number of nitrogens with two attached hydrogens (primary N) is 1. The van der Waals surface area contributed by atoms with Crippen molar-refractivity contribution in [3.63, 3.8) is 0 Å². The van der Waals surface area contributed by atoms with E-state index in [-0.39, 0.29) is 22.8 Å². The Balaban J connectivity index is 1.81. The van der Waals surface area contributed by atoms with Gasteiger partial charge >= 0.3 is 22.1 Å². The van der Waals surface area contributed by atoms with Gasteiger partial charge in [-0.2, -0.15) is 8.42 Å². The molecule has 172 valence electrons. The SMILES string of the molecule is COC(=O)CC(N)(C(=O)OCc1ccccc1)c1ccc(OS(=O)(=O)c2ccccc2)cc1. The number of carbonyl (C=O) groups excluding carboxylic acids is 2. The van der Waals surface area contributed by atoms with Gasteiger partial charge in [-0.1, -0.05) is 60.7 Å². The summed E-state index contributed by atoms with van der Waals surface area (Å²) in [6.07, 6.45) is -0.473. The zero-order chi connectivity index (χ0) is 23.9. The van der Waals surface area contributed by atoms with Crippen LogP contribution in [0, 0.1) is 0 Å². The second kappa shape index (κ2) is 10.3. The predicted octanol–water partition coefficient (Wildman–Crippen LogP) is 2.91. The Morgan fingerprint density at radius 1 is 0.879 bits per heavy atom. The molecule has 0 saturated heterocycles. The molecule has 0 heterocycles. The van der Waals surface area contributed by atoms with E-state index in [1.807, 2.05) is 6.07 Å². The van der Waals surface area contributed by atoms with Crippen LogP contribution in [-0.4, -0.2) is 27.5 Å². The van der Waals surface area contributed by atoms with Gasteiger partial charge in [0.1, 0.15) is 17.3 Å². The molecular weight excluding hydrogens is 446 g/mol. The molecule has 9 heteroatoms. The Kier molecular flexibility index (Phi) is 7.47. The molecule has 0 fully saturated rings. The normalized spacial score (nSPS) is 12.9. The highest BCUT2D eigenvalue weighted by molar-refractivity contribution is 7.87. The first-order chi connectivity index (χ1) is 15.7.